The lowest BCUT2D eigenvalue weighted by Crippen LogP contribution is -2.38. The summed E-state index contributed by atoms with van der Waals surface area (Å²) >= 11 is 3.44. The molecule has 1 heterocycles. The summed E-state index contributed by atoms with van der Waals surface area (Å²) in [6.07, 6.45) is 0.381. The summed E-state index contributed by atoms with van der Waals surface area (Å²) in [6.45, 7) is 3.24. The van der Waals surface area contributed by atoms with Gasteiger partial charge in [0.15, 0.2) is 5.78 Å². The third-order valence-electron chi connectivity index (χ3n) is 5.91. The van der Waals surface area contributed by atoms with Crippen molar-refractivity contribution in [2.45, 2.75) is 26.2 Å². The molecule has 0 saturated heterocycles. The van der Waals surface area contributed by atoms with Crippen LogP contribution in [0, 0.1) is 10.8 Å². The number of fused-ring (bicyclic) bond motifs is 3. The first-order valence-electron chi connectivity index (χ1n) is 8.54. The molecule has 1 aliphatic carbocycles. The average Bonchev–Trinajstić information content (AvgIpc) is 3.30. The van der Waals surface area contributed by atoms with Gasteiger partial charge in [-0.2, -0.15) is 0 Å². The van der Waals surface area contributed by atoms with Gasteiger partial charge in [0.1, 0.15) is 16.9 Å². The minimum Gasteiger partial charge on any atom is -0.425 e. The van der Waals surface area contributed by atoms with Crippen molar-refractivity contribution in [3.63, 3.8) is 0 Å². The lowest BCUT2D eigenvalue weighted by Gasteiger charge is -2.22. The summed E-state index contributed by atoms with van der Waals surface area (Å²) in [5.74, 6) is -1.18. The number of hydrogen-bond acceptors (Lipinski definition) is 4. The Bertz CT molecular complexity index is 952. The number of Topliss-reactive ketones (excluding diaryl/α,β-unsaturated/α-hetero) is 2. The van der Waals surface area contributed by atoms with Gasteiger partial charge in [0.25, 0.3) is 0 Å². The second-order valence-corrected chi connectivity index (χ2v) is 7.80. The van der Waals surface area contributed by atoms with E-state index >= 15 is 0 Å². The van der Waals surface area contributed by atoms with E-state index in [0.29, 0.717) is 17.7 Å². The van der Waals surface area contributed by atoms with Gasteiger partial charge in [0.2, 0.25) is 0 Å². The van der Waals surface area contributed by atoms with Crippen molar-refractivity contribution in [1.82, 2.24) is 0 Å². The maximum Gasteiger partial charge on any atom is 0.326 e. The fourth-order valence-corrected chi connectivity index (χ4v) is 5.19. The highest BCUT2D eigenvalue weighted by molar-refractivity contribution is 9.10. The number of ketones is 2. The summed E-state index contributed by atoms with van der Waals surface area (Å²) in [4.78, 5) is 39.2. The number of esters is 1. The van der Waals surface area contributed by atoms with Crippen LogP contribution >= 0.6 is 15.9 Å². The van der Waals surface area contributed by atoms with Crippen LogP contribution in [0.1, 0.15) is 42.1 Å². The van der Waals surface area contributed by atoms with E-state index < -0.39 is 22.7 Å². The molecule has 2 aromatic carbocycles. The van der Waals surface area contributed by atoms with Crippen molar-refractivity contribution in [3.05, 3.63) is 64.1 Å². The topological polar surface area (TPSA) is 60.4 Å². The number of hydrogen-bond donors (Lipinski definition) is 0. The first-order chi connectivity index (χ1) is 12.4. The monoisotopic (exact) mass is 412 g/mol. The molecule has 1 saturated carbocycles. The molecule has 0 amide bonds. The van der Waals surface area contributed by atoms with Gasteiger partial charge in [0, 0.05) is 21.5 Å². The highest BCUT2D eigenvalue weighted by atomic mass is 79.9. The molecule has 0 spiro atoms. The molecule has 5 heteroatoms. The summed E-state index contributed by atoms with van der Waals surface area (Å²) in [6, 6.07) is 14.2. The predicted molar refractivity (Wildman–Crippen MR) is 99.1 cm³/mol. The Morgan fingerprint density at radius 2 is 1.85 bits per heavy atom. The van der Waals surface area contributed by atoms with Crippen LogP contribution in [0.4, 0.5) is 0 Å². The number of rotatable bonds is 4. The molecule has 0 radical (unpaired) electrons. The number of carbonyl (C=O) groups is 3. The lowest BCUT2D eigenvalue weighted by molar-refractivity contribution is -0.148. The third-order valence-corrected chi connectivity index (χ3v) is 6.40. The number of ether oxygens (including phenoxy) is 1. The van der Waals surface area contributed by atoms with Gasteiger partial charge in [-0.25, -0.2) is 0 Å². The SMILES string of the molecule is CC[C@]1(C(=O)c2ccccc2)[C@H]2c3cc(Br)ccc3OC(=O)[C@@]21C(C)=O. The van der Waals surface area contributed by atoms with E-state index in [1.54, 1.807) is 36.4 Å². The van der Waals surface area contributed by atoms with E-state index in [4.69, 9.17) is 4.74 Å². The average molecular weight is 413 g/mol. The van der Waals surface area contributed by atoms with Crippen molar-refractivity contribution in [2.24, 2.45) is 10.8 Å². The van der Waals surface area contributed by atoms with Crippen LogP contribution in [0.3, 0.4) is 0 Å². The summed E-state index contributed by atoms with van der Waals surface area (Å²) in [7, 11) is 0. The quantitative estimate of drug-likeness (QED) is 0.324. The molecule has 0 N–H and O–H groups in total. The second kappa shape index (κ2) is 5.61. The largest absolute Gasteiger partial charge is 0.425 e. The van der Waals surface area contributed by atoms with Crippen LogP contribution in [0.15, 0.2) is 53.0 Å². The number of benzene rings is 2. The Hall–Kier alpha value is -2.27. The summed E-state index contributed by atoms with van der Waals surface area (Å²) in [5.41, 5.74) is -1.31. The van der Waals surface area contributed by atoms with Gasteiger partial charge in [-0.15, -0.1) is 0 Å². The molecule has 2 aromatic rings. The van der Waals surface area contributed by atoms with Crippen molar-refractivity contribution in [2.75, 3.05) is 0 Å². The van der Waals surface area contributed by atoms with Crippen LogP contribution in [0.25, 0.3) is 0 Å². The molecule has 4 rings (SSSR count). The molecule has 132 valence electrons. The Morgan fingerprint density at radius 1 is 1.15 bits per heavy atom. The van der Waals surface area contributed by atoms with Crippen LogP contribution in [0.2, 0.25) is 0 Å². The number of carbonyl (C=O) groups excluding carboxylic acids is 3. The van der Waals surface area contributed by atoms with E-state index in [2.05, 4.69) is 15.9 Å². The van der Waals surface area contributed by atoms with Gasteiger partial charge in [-0.1, -0.05) is 53.2 Å². The molecule has 0 aromatic heterocycles. The molecular weight excluding hydrogens is 396 g/mol. The maximum absolute atomic E-state index is 13.5. The highest BCUT2D eigenvalue weighted by Gasteiger charge is 2.87. The molecule has 1 fully saturated rings. The van der Waals surface area contributed by atoms with Gasteiger partial charge >= 0.3 is 5.97 Å². The molecular formula is C21H17BrO4. The van der Waals surface area contributed by atoms with Crippen LogP contribution in [0.5, 0.6) is 5.75 Å². The van der Waals surface area contributed by atoms with Crippen LogP contribution in [-0.4, -0.2) is 17.5 Å². The first-order valence-corrected chi connectivity index (χ1v) is 9.33. The third kappa shape index (κ3) is 1.87. The normalized spacial score (nSPS) is 28.6. The zero-order chi connectivity index (χ0) is 18.7. The zero-order valence-corrected chi connectivity index (χ0v) is 16.0. The Morgan fingerprint density at radius 3 is 2.46 bits per heavy atom. The fraction of sp³-hybridized carbons (Fsp3) is 0.286. The minimum atomic E-state index is -1.44. The Kier molecular flexibility index (Phi) is 3.70. The van der Waals surface area contributed by atoms with Gasteiger partial charge in [-0.3, -0.25) is 14.4 Å². The van der Waals surface area contributed by atoms with Crippen molar-refractivity contribution in [3.8, 4) is 5.75 Å². The van der Waals surface area contributed by atoms with Crippen LogP contribution < -0.4 is 4.74 Å². The maximum atomic E-state index is 13.5. The highest BCUT2D eigenvalue weighted by Crippen LogP contribution is 2.80. The molecule has 3 atom stereocenters. The van der Waals surface area contributed by atoms with Gasteiger partial charge in [-0.05, 0) is 31.5 Å². The van der Waals surface area contributed by atoms with Gasteiger partial charge < -0.3 is 4.74 Å². The fourth-order valence-electron chi connectivity index (χ4n) is 4.81. The Balaban J connectivity index is 1.97. The number of halogens is 1. The summed E-state index contributed by atoms with van der Waals surface area (Å²) < 4.78 is 6.33. The summed E-state index contributed by atoms with van der Waals surface area (Å²) in [5, 5.41) is 0. The Labute approximate surface area is 159 Å². The standard InChI is InChI=1S/C21H17BrO4/c1-3-20(18(24)13-7-5-4-6-8-13)17-15-11-14(22)9-10-16(15)26-19(25)21(17,20)12(2)23/h4-11,17H,3H2,1-2H3/t17-,20-,21-/m1/s1. The molecule has 1 aliphatic heterocycles. The smallest absolute Gasteiger partial charge is 0.326 e. The zero-order valence-electron chi connectivity index (χ0n) is 14.4. The van der Waals surface area contributed by atoms with Crippen molar-refractivity contribution < 1.29 is 19.1 Å². The molecule has 0 unspecified atom stereocenters. The molecule has 0 bridgehead atoms. The lowest BCUT2D eigenvalue weighted by atomic mass is 9.81. The molecule has 4 nitrogen and oxygen atoms in total. The van der Waals surface area contributed by atoms with Crippen molar-refractivity contribution in [1.29, 1.82) is 0 Å². The molecule has 2 aliphatic rings. The first kappa shape index (κ1) is 17.2. The van der Waals surface area contributed by atoms with Gasteiger partial charge in [0.05, 0.1) is 5.41 Å². The second-order valence-electron chi connectivity index (χ2n) is 6.89. The minimum absolute atomic E-state index is 0.175. The van der Waals surface area contributed by atoms with Crippen molar-refractivity contribution >= 4 is 33.5 Å². The van der Waals surface area contributed by atoms with E-state index in [-0.39, 0.29) is 11.6 Å². The van der Waals surface area contributed by atoms with E-state index in [9.17, 15) is 14.4 Å². The van der Waals surface area contributed by atoms with E-state index in [1.165, 1.54) is 6.92 Å². The van der Waals surface area contributed by atoms with Crippen LogP contribution in [-0.2, 0) is 9.59 Å². The predicted octanol–water partition coefficient (Wildman–Crippen LogP) is 4.32. The van der Waals surface area contributed by atoms with E-state index in [0.717, 1.165) is 10.0 Å². The van der Waals surface area contributed by atoms with E-state index in [1.807, 2.05) is 19.1 Å². The molecule has 26 heavy (non-hydrogen) atoms.